The van der Waals surface area contributed by atoms with Crippen LogP contribution >= 0.6 is 0 Å². The molecule has 2 saturated carbocycles. The first kappa shape index (κ1) is 16.3. The van der Waals surface area contributed by atoms with Gasteiger partial charge in [0.2, 0.25) is 0 Å². The fourth-order valence-corrected chi connectivity index (χ4v) is 3.35. The first-order valence-electron chi connectivity index (χ1n) is 6.62. The van der Waals surface area contributed by atoms with Crippen LogP contribution in [0.4, 0.5) is 26.3 Å². The molecule has 0 amide bonds. The maximum absolute atomic E-state index is 13.4. The molecule has 3 fully saturated rings. The van der Waals surface area contributed by atoms with Crippen molar-refractivity contribution in [2.45, 2.75) is 48.9 Å². The first-order valence-corrected chi connectivity index (χ1v) is 6.62. The van der Waals surface area contributed by atoms with Gasteiger partial charge in [-0.1, -0.05) is 0 Å². The zero-order chi connectivity index (χ0) is 17.4. The van der Waals surface area contributed by atoms with Gasteiger partial charge in [-0.2, -0.15) is 26.3 Å². The van der Waals surface area contributed by atoms with Gasteiger partial charge in [0.1, 0.15) is 12.1 Å². The number of carbonyl (C=O) groups excluding carboxylic acids is 2. The zero-order valence-corrected chi connectivity index (χ0v) is 11.1. The Morgan fingerprint density at radius 1 is 1.00 bits per heavy atom. The van der Waals surface area contributed by atoms with Gasteiger partial charge in [-0.3, -0.25) is 0 Å². The minimum absolute atomic E-state index is 0.0541. The molecule has 0 aromatic rings. The third kappa shape index (κ3) is 2.05. The number of rotatable bonds is 5. The molecule has 1 heterocycles. The van der Waals surface area contributed by atoms with Crippen molar-refractivity contribution >= 4 is 11.9 Å². The average Bonchev–Trinajstić information content (AvgIpc) is 3.05. The summed E-state index contributed by atoms with van der Waals surface area (Å²) in [5.74, 6) is -25.9. The summed E-state index contributed by atoms with van der Waals surface area (Å²) >= 11 is 0. The van der Waals surface area contributed by atoms with Crippen LogP contribution in [0.3, 0.4) is 0 Å². The molecule has 0 N–H and O–H groups in total. The highest BCUT2D eigenvalue weighted by atomic mass is 19.3. The highest BCUT2D eigenvalue weighted by molar-refractivity contribution is 5.83. The number of fused-ring (bicyclic) bond motifs is 5. The van der Waals surface area contributed by atoms with E-state index in [0.29, 0.717) is 6.42 Å². The van der Waals surface area contributed by atoms with Crippen LogP contribution in [-0.2, 0) is 19.1 Å². The Labute approximate surface area is 124 Å². The number of alkyl halides is 6. The number of hydrogen-bond donors (Lipinski definition) is 0. The van der Waals surface area contributed by atoms with Crippen LogP contribution in [0.1, 0.15) is 12.8 Å². The van der Waals surface area contributed by atoms with Gasteiger partial charge < -0.3 is 19.4 Å². The quantitative estimate of drug-likeness (QED) is 0.408. The predicted molar refractivity (Wildman–Crippen MR) is 54.6 cm³/mol. The molecule has 23 heavy (non-hydrogen) atoms. The molecule has 0 spiro atoms. The second kappa shape index (κ2) is 4.52. The molecule has 5 atom stereocenters. The van der Waals surface area contributed by atoms with Crippen LogP contribution in [0.25, 0.3) is 0 Å². The van der Waals surface area contributed by atoms with E-state index in [2.05, 4.69) is 4.74 Å². The Hall–Kier alpha value is -1.52. The topological polar surface area (TPSA) is 79.0 Å². The fraction of sp³-hybridized carbons (Fsp3) is 0.833. The van der Waals surface area contributed by atoms with Crippen molar-refractivity contribution < 1.29 is 50.5 Å². The van der Waals surface area contributed by atoms with Gasteiger partial charge >= 0.3 is 23.7 Å². The minimum atomic E-state index is -6.49. The fourth-order valence-electron chi connectivity index (χ4n) is 3.35. The van der Waals surface area contributed by atoms with Gasteiger partial charge in [-0.05, 0) is 18.8 Å². The number of ether oxygens (including phenoxy) is 2. The van der Waals surface area contributed by atoms with Crippen molar-refractivity contribution in [1.82, 2.24) is 0 Å². The molecule has 0 aromatic heterocycles. The monoisotopic (exact) mass is 347 g/mol. The molecule has 5 unspecified atom stereocenters. The Morgan fingerprint density at radius 2 is 1.61 bits per heavy atom. The second-order valence-corrected chi connectivity index (χ2v) is 5.92. The molecule has 0 radical (unpaired) electrons. The van der Waals surface area contributed by atoms with Crippen LogP contribution in [-0.4, -0.2) is 48.0 Å². The van der Waals surface area contributed by atoms with Crippen molar-refractivity contribution in [1.29, 1.82) is 0 Å². The molecule has 11 heteroatoms. The van der Waals surface area contributed by atoms with Crippen molar-refractivity contribution in [3.8, 4) is 0 Å². The summed E-state index contributed by atoms with van der Waals surface area (Å²) in [7, 11) is 0. The van der Waals surface area contributed by atoms with Gasteiger partial charge in [0, 0.05) is 5.92 Å². The number of aliphatic carboxylic acids is 1. The summed E-state index contributed by atoms with van der Waals surface area (Å²) in [6, 6.07) is 0. The van der Waals surface area contributed by atoms with E-state index >= 15 is 0 Å². The Balaban J connectivity index is 1.74. The predicted octanol–water partition coefficient (Wildman–Crippen LogP) is 0.361. The Morgan fingerprint density at radius 3 is 2.09 bits per heavy atom. The lowest BCUT2D eigenvalue weighted by Crippen LogP contribution is -2.64. The largest absolute Gasteiger partial charge is 0.544 e. The Bertz CT molecular complexity index is 564. The molecule has 3 rings (SSSR count). The molecule has 1 saturated heterocycles. The molecule has 130 valence electrons. The summed E-state index contributed by atoms with van der Waals surface area (Å²) in [6.45, 7) is 0. The van der Waals surface area contributed by atoms with E-state index in [1.165, 1.54) is 0 Å². The number of hydrogen-bond acceptors (Lipinski definition) is 5. The van der Waals surface area contributed by atoms with E-state index < -0.39 is 41.7 Å². The number of halogens is 6. The van der Waals surface area contributed by atoms with E-state index in [-0.39, 0.29) is 24.5 Å². The number of carboxylic acid groups (broad SMARTS) is 1. The van der Waals surface area contributed by atoms with Crippen molar-refractivity contribution in [3.63, 3.8) is 0 Å². The summed E-state index contributed by atoms with van der Waals surface area (Å²) < 4.78 is 88.2. The number of epoxide rings is 1. The Kier molecular flexibility index (Phi) is 3.21. The van der Waals surface area contributed by atoms with Gasteiger partial charge in [-0.15, -0.1) is 0 Å². The average molecular weight is 347 g/mol. The van der Waals surface area contributed by atoms with Crippen molar-refractivity contribution in [2.24, 2.45) is 11.8 Å². The van der Waals surface area contributed by atoms with E-state index in [1.54, 1.807) is 0 Å². The smallest absolute Gasteiger partial charge is 0.411 e. The third-order valence-electron chi connectivity index (χ3n) is 4.60. The zero-order valence-electron chi connectivity index (χ0n) is 11.1. The molecule has 2 bridgehead atoms. The third-order valence-corrected chi connectivity index (χ3v) is 4.60. The van der Waals surface area contributed by atoms with Crippen LogP contribution in [0.5, 0.6) is 0 Å². The second-order valence-electron chi connectivity index (χ2n) is 5.92. The van der Waals surface area contributed by atoms with Crippen LogP contribution < -0.4 is 5.11 Å². The lowest BCUT2D eigenvalue weighted by atomic mass is 9.97. The standard InChI is InChI=1S/C12H10F6O5/c13-10(14,8(19)20)12(17,18)11(15,16)9(21)22-5-2-3-1-4(5)7-6(3)23-7/h3-7H,1-2H2,(H,19,20)/p-1. The number of carboxylic acids is 1. The first-order chi connectivity index (χ1) is 10.4. The maximum Gasteiger partial charge on any atom is 0.411 e. The summed E-state index contributed by atoms with van der Waals surface area (Å²) in [4.78, 5) is 21.3. The molecular formula is C12H9F6O5-. The number of carbonyl (C=O) groups is 2. The van der Waals surface area contributed by atoms with Gasteiger partial charge in [0.05, 0.1) is 12.2 Å². The molecule has 1 aliphatic heterocycles. The van der Waals surface area contributed by atoms with Crippen molar-refractivity contribution in [2.75, 3.05) is 0 Å². The highest BCUT2D eigenvalue weighted by Gasteiger charge is 2.77. The normalized spacial score (nSPS) is 35.8. The summed E-state index contributed by atoms with van der Waals surface area (Å²) in [5.41, 5.74) is 0. The van der Waals surface area contributed by atoms with Crippen LogP contribution in [0.15, 0.2) is 0 Å². The molecule has 0 aromatic carbocycles. The lowest BCUT2D eigenvalue weighted by molar-refractivity contribution is -0.366. The van der Waals surface area contributed by atoms with Gasteiger partial charge in [-0.25, -0.2) is 4.79 Å². The molecular weight excluding hydrogens is 338 g/mol. The van der Waals surface area contributed by atoms with Crippen LogP contribution in [0, 0.1) is 11.8 Å². The SMILES string of the molecule is O=C([O-])C(F)(F)C(F)(F)C(F)(F)C(=O)OC1CC2CC1C1OC21. The summed E-state index contributed by atoms with van der Waals surface area (Å²) in [6.07, 6.45) is -0.889. The summed E-state index contributed by atoms with van der Waals surface area (Å²) in [5, 5.41) is 9.99. The van der Waals surface area contributed by atoms with E-state index in [9.17, 15) is 41.0 Å². The molecule has 5 nitrogen and oxygen atoms in total. The maximum atomic E-state index is 13.4. The van der Waals surface area contributed by atoms with Crippen LogP contribution in [0.2, 0.25) is 0 Å². The highest BCUT2D eigenvalue weighted by Crippen LogP contribution is 2.57. The van der Waals surface area contributed by atoms with Crippen molar-refractivity contribution in [3.05, 3.63) is 0 Å². The van der Waals surface area contributed by atoms with E-state index in [1.807, 2.05) is 0 Å². The van der Waals surface area contributed by atoms with E-state index in [4.69, 9.17) is 4.74 Å². The molecule has 2 aliphatic carbocycles. The van der Waals surface area contributed by atoms with E-state index in [0.717, 1.165) is 0 Å². The van der Waals surface area contributed by atoms with Gasteiger partial charge in [0.25, 0.3) is 0 Å². The minimum Gasteiger partial charge on any atom is -0.544 e. The number of esters is 1. The molecule has 3 aliphatic rings. The lowest BCUT2D eigenvalue weighted by Gasteiger charge is -2.32. The van der Waals surface area contributed by atoms with Gasteiger partial charge in [0.15, 0.2) is 0 Å².